The molecule has 2 aliphatic heterocycles. The number of ether oxygens (including phenoxy) is 1. The van der Waals surface area contributed by atoms with Crippen LogP contribution in [-0.2, 0) is 24.1 Å². The van der Waals surface area contributed by atoms with Gasteiger partial charge in [0.2, 0.25) is 0 Å². The van der Waals surface area contributed by atoms with Crippen molar-refractivity contribution in [2.45, 2.75) is 68.4 Å². The highest BCUT2D eigenvalue weighted by Gasteiger charge is 2.76. The Bertz CT molecular complexity index is 1840. The molecule has 5 rings (SSSR count). The molecule has 2 saturated heterocycles. The molecule has 3 unspecified atom stereocenters. The van der Waals surface area contributed by atoms with Crippen LogP contribution in [0.3, 0.4) is 0 Å². The lowest BCUT2D eigenvalue weighted by Gasteiger charge is -2.33. The Balaban J connectivity index is 1.78. The Hall–Kier alpha value is -4.74. The Morgan fingerprint density at radius 1 is 0.939 bits per heavy atom. The number of hydrogen-bond donors (Lipinski definition) is 1. The van der Waals surface area contributed by atoms with Crippen LogP contribution >= 0.6 is 0 Å². The van der Waals surface area contributed by atoms with Crippen molar-refractivity contribution in [3.8, 4) is 23.4 Å². The Morgan fingerprint density at radius 3 is 2.02 bits per heavy atom. The van der Waals surface area contributed by atoms with Gasteiger partial charge in [-0.25, -0.2) is 14.1 Å². The van der Waals surface area contributed by atoms with Gasteiger partial charge < -0.3 is 10.1 Å². The summed E-state index contributed by atoms with van der Waals surface area (Å²) in [4.78, 5) is 18.6. The molecule has 0 aliphatic carbocycles. The van der Waals surface area contributed by atoms with E-state index in [1.807, 2.05) is 0 Å². The average molecular weight is 701 g/mol. The van der Waals surface area contributed by atoms with Gasteiger partial charge in [-0.2, -0.15) is 39.5 Å². The summed E-state index contributed by atoms with van der Waals surface area (Å²) in [5.74, 6) is -1.06. The normalized spacial score (nSPS) is 22.6. The molecule has 0 bridgehead atoms. The summed E-state index contributed by atoms with van der Waals surface area (Å²) in [6.07, 6.45) is -15.0. The number of nitrogens with zero attached hydrogens (tertiary/aromatic N) is 2. The minimum Gasteiger partial charge on any atom is -0.496 e. The van der Waals surface area contributed by atoms with Crippen LogP contribution in [0.15, 0.2) is 61.2 Å². The molecule has 15 heteroatoms. The predicted octanol–water partition coefficient (Wildman–Crippen LogP) is 10.3. The first kappa shape index (κ1) is 35.6. The minimum absolute atomic E-state index is 0.0503. The van der Waals surface area contributed by atoms with Crippen LogP contribution in [0, 0.1) is 12.4 Å². The van der Waals surface area contributed by atoms with E-state index < -0.39 is 69.9 Å². The minimum atomic E-state index is -5.25. The first-order chi connectivity index (χ1) is 22.6. The van der Waals surface area contributed by atoms with Crippen LogP contribution in [0.1, 0.15) is 72.0 Å². The van der Waals surface area contributed by atoms with Crippen molar-refractivity contribution >= 4 is 6.03 Å². The van der Waals surface area contributed by atoms with Crippen molar-refractivity contribution in [2.24, 2.45) is 0 Å². The van der Waals surface area contributed by atoms with E-state index in [9.17, 15) is 48.7 Å². The van der Waals surface area contributed by atoms with Gasteiger partial charge in [-0.05, 0) is 71.0 Å². The summed E-state index contributed by atoms with van der Waals surface area (Å²) in [6.45, 7) is 12.9. The number of urea groups is 1. The van der Waals surface area contributed by atoms with Crippen LogP contribution in [0.25, 0.3) is 16.0 Å². The molecule has 2 aliphatic rings. The van der Waals surface area contributed by atoms with Crippen molar-refractivity contribution in [3.63, 3.8) is 0 Å². The smallest absolute Gasteiger partial charge is 0.416 e. The summed E-state index contributed by atoms with van der Waals surface area (Å²) < 4.78 is 146. The molecule has 3 aromatic rings. The second-order valence-corrected chi connectivity index (χ2v) is 12.1. The van der Waals surface area contributed by atoms with E-state index in [-0.39, 0.29) is 52.8 Å². The fraction of sp³-hybridized carbons (Fsp3) is 0.353. The van der Waals surface area contributed by atoms with E-state index in [1.165, 1.54) is 13.2 Å². The fourth-order valence-electron chi connectivity index (χ4n) is 6.87. The molecule has 2 amide bonds. The van der Waals surface area contributed by atoms with Crippen LogP contribution in [-0.4, -0.2) is 23.7 Å². The third-order valence-corrected chi connectivity index (χ3v) is 9.16. The van der Waals surface area contributed by atoms with Crippen LogP contribution in [0.5, 0.6) is 5.75 Å². The number of alkyl halides is 9. The van der Waals surface area contributed by atoms with Crippen molar-refractivity contribution in [1.29, 1.82) is 0 Å². The highest BCUT2D eigenvalue weighted by molar-refractivity contribution is 5.84. The molecular formula is C34H28F10N3O2+. The number of carbonyl (C=O) groups is 1. The van der Waals surface area contributed by atoms with E-state index in [4.69, 9.17) is 11.3 Å². The average Bonchev–Trinajstić information content (AvgIpc) is 3.53. The number of amides is 2. The lowest BCUT2D eigenvalue weighted by atomic mass is 9.76. The van der Waals surface area contributed by atoms with E-state index in [2.05, 4.69) is 16.7 Å². The van der Waals surface area contributed by atoms with Gasteiger partial charge in [0.1, 0.15) is 11.6 Å². The Morgan fingerprint density at radius 2 is 1.53 bits per heavy atom. The van der Waals surface area contributed by atoms with Crippen LogP contribution in [0.4, 0.5) is 48.7 Å². The van der Waals surface area contributed by atoms with Gasteiger partial charge in [-0.15, -0.1) is 6.58 Å². The third kappa shape index (κ3) is 5.64. The lowest BCUT2D eigenvalue weighted by Crippen LogP contribution is -2.53. The number of nitrogens with one attached hydrogen (secondary N) is 1. The summed E-state index contributed by atoms with van der Waals surface area (Å²) in [5.41, 5.74) is -9.34. The van der Waals surface area contributed by atoms with E-state index >= 15 is 0 Å². The molecule has 49 heavy (non-hydrogen) atoms. The highest BCUT2D eigenvalue weighted by Crippen LogP contribution is 2.58. The maximum Gasteiger partial charge on any atom is 0.416 e. The molecule has 1 N–H and O–H groups in total. The molecule has 260 valence electrons. The lowest BCUT2D eigenvalue weighted by molar-refractivity contribution is -0.143. The molecule has 3 aromatic carbocycles. The van der Waals surface area contributed by atoms with Gasteiger partial charge in [-0.1, -0.05) is 30.8 Å². The second kappa shape index (κ2) is 11.7. The molecular weight excluding hydrogens is 672 g/mol. The first-order valence-electron chi connectivity index (χ1n) is 14.7. The molecule has 0 radical (unpaired) electrons. The maximum atomic E-state index is 15.0. The quantitative estimate of drug-likeness (QED) is 0.206. The number of carbonyl (C=O) groups excluding carboxylic acids is 1. The zero-order valence-corrected chi connectivity index (χ0v) is 26.0. The molecule has 0 aromatic heterocycles. The van der Waals surface area contributed by atoms with Gasteiger partial charge >= 0.3 is 30.2 Å². The molecule has 2 heterocycles. The summed E-state index contributed by atoms with van der Waals surface area (Å²) in [6, 6.07) is 3.46. The Labute approximate surface area is 274 Å². The molecule has 3 atom stereocenters. The number of halogens is 10. The zero-order chi connectivity index (χ0) is 36.5. The second-order valence-electron chi connectivity index (χ2n) is 12.1. The summed E-state index contributed by atoms with van der Waals surface area (Å²) >= 11 is 0. The number of fused-ring (bicyclic) bond motifs is 1. The molecule has 0 spiro atoms. The van der Waals surface area contributed by atoms with E-state index in [0.717, 1.165) is 35.2 Å². The largest absolute Gasteiger partial charge is 0.496 e. The molecule has 2 fully saturated rings. The molecule has 0 saturated carbocycles. The van der Waals surface area contributed by atoms with E-state index in [1.54, 1.807) is 13.8 Å². The van der Waals surface area contributed by atoms with Gasteiger partial charge in [0.05, 0.1) is 36.3 Å². The van der Waals surface area contributed by atoms with Gasteiger partial charge in [-0.3, -0.25) is 0 Å². The van der Waals surface area contributed by atoms with Gasteiger partial charge in [0, 0.05) is 11.6 Å². The van der Waals surface area contributed by atoms with Gasteiger partial charge in [0.25, 0.3) is 6.57 Å². The monoisotopic (exact) mass is 700 g/mol. The maximum absolute atomic E-state index is 15.0. The SMILES string of the molecule is C#[N+]C12CCC(c3cc(C(F)(F)F)ccc3-c3cc(C(C)C)c(F)cc3OC)N1C(=O)NC2(C=C)c1cc(C(F)(F)F)cc(C(F)(F)F)c1. The zero-order valence-electron chi connectivity index (χ0n) is 26.0. The topological polar surface area (TPSA) is 45.9 Å². The first-order valence-corrected chi connectivity index (χ1v) is 14.7. The van der Waals surface area contributed by atoms with E-state index in [0.29, 0.717) is 12.1 Å². The predicted molar refractivity (Wildman–Crippen MR) is 159 cm³/mol. The number of benzene rings is 3. The van der Waals surface area contributed by atoms with Crippen molar-refractivity contribution < 1.29 is 53.4 Å². The van der Waals surface area contributed by atoms with Crippen LogP contribution in [0.2, 0.25) is 0 Å². The molecule has 5 nitrogen and oxygen atoms in total. The number of rotatable bonds is 6. The van der Waals surface area contributed by atoms with Crippen molar-refractivity contribution in [1.82, 2.24) is 10.2 Å². The highest BCUT2D eigenvalue weighted by atomic mass is 19.4. The third-order valence-electron chi connectivity index (χ3n) is 9.16. The number of hydrogen-bond acceptors (Lipinski definition) is 2. The summed E-state index contributed by atoms with van der Waals surface area (Å²) in [7, 11) is 1.22. The standard InChI is InChI=1S/C34H27F10N3O2/c1-6-30(19-11-20(33(39,40)41)13-21(12-19)34(42,43)44)31(45-4)10-9-27(47(31)29(48)46-30)24-14-18(32(36,37)38)7-8-22(24)25-15-23(17(2)3)26(35)16-28(25)49-5/h4,6-8,11-17,27H,1,9-10H2,2-3,5H3/p+1. The summed E-state index contributed by atoms with van der Waals surface area (Å²) in [5, 5.41) is 2.41. The van der Waals surface area contributed by atoms with Crippen molar-refractivity contribution in [3.05, 3.63) is 105 Å². The van der Waals surface area contributed by atoms with Crippen LogP contribution < -0.4 is 10.1 Å². The van der Waals surface area contributed by atoms with Gasteiger partial charge in [0.15, 0.2) is 5.54 Å². The van der Waals surface area contributed by atoms with Crippen molar-refractivity contribution in [2.75, 3.05) is 7.11 Å². The fourth-order valence-corrected chi connectivity index (χ4v) is 6.87. The Kier molecular flexibility index (Phi) is 8.49. The number of methoxy groups -OCH3 is 1.